The van der Waals surface area contributed by atoms with E-state index in [0.717, 1.165) is 19.3 Å². The van der Waals surface area contributed by atoms with Gasteiger partial charge in [0.25, 0.3) is 0 Å². The van der Waals surface area contributed by atoms with Gasteiger partial charge in [-0.1, -0.05) is 19.3 Å². The molecule has 164 valence electrons. The molecule has 2 amide bonds. The summed E-state index contributed by atoms with van der Waals surface area (Å²) in [6.45, 7) is 1.71. The molecule has 4 N–H and O–H groups in total. The molecule has 3 aliphatic rings. The van der Waals surface area contributed by atoms with Crippen molar-refractivity contribution in [3.63, 3.8) is 0 Å². The number of hydrogen-bond donors (Lipinski definition) is 3. The van der Waals surface area contributed by atoms with Crippen molar-refractivity contribution < 1.29 is 14.0 Å². The number of nitrogens with zero attached hydrogens (tertiary/aromatic N) is 3. The van der Waals surface area contributed by atoms with Crippen LogP contribution in [0.3, 0.4) is 0 Å². The number of aromatic nitrogens is 2. The summed E-state index contributed by atoms with van der Waals surface area (Å²) in [6, 6.07) is -0.523. The Morgan fingerprint density at radius 3 is 2.73 bits per heavy atom. The number of amides is 2. The summed E-state index contributed by atoms with van der Waals surface area (Å²) in [5.74, 6) is -1.00. The molecule has 2 saturated heterocycles. The standard InChI is InChI=1S/C21H31FN6O2/c22-16-17(25-13-26-18(16)23)21(27-12-14-6-2-1-3-7-14)9-5-11-28(20(21)30)15-8-4-10-24-19(15)29/h13-15,27H,1-12H2,(H,24,29)(H2,23,25,26)/t15-,21?/m1/s1. The normalized spacial score (nSPS) is 28.4. The van der Waals surface area contributed by atoms with E-state index in [1.54, 1.807) is 4.90 Å². The number of piperidine rings is 2. The summed E-state index contributed by atoms with van der Waals surface area (Å²) >= 11 is 0. The number of carbonyl (C=O) groups excluding carboxylic acids is 2. The summed E-state index contributed by atoms with van der Waals surface area (Å²) in [6.07, 6.45) is 9.49. The lowest BCUT2D eigenvalue weighted by Crippen LogP contribution is -2.65. The van der Waals surface area contributed by atoms with Gasteiger partial charge in [0.1, 0.15) is 23.6 Å². The highest BCUT2D eigenvalue weighted by Crippen LogP contribution is 2.36. The van der Waals surface area contributed by atoms with E-state index in [0.29, 0.717) is 44.8 Å². The number of nitrogen functional groups attached to an aromatic ring is 1. The topological polar surface area (TPSA) is 113 Å². The molecule has 30 heavy (non-hydrogen) atoms. The number of rotatable bonds is 5. The maximum Gasteiger partial charge on any atom is 0.249 e. The molecule has 9 heteroatoms. The first-order valence-corrected chi connectivity index (χ1v) is 11.1. The lowest BCUT2D eigenvalue weighted by atomic mass is 9.81. The summed E-state index contributed by atoms with van der Waals surface area (Å²) in [5, 5.41) is 6.26. The van der Waals surface area contributed by atoms with Crippen molar-refractivity contribution in [3.05, 3.63) is 17.8 Å². The average Bonchev–Trinajstić information content (AvgIpc) is 2.77. The lowest BCUT2D eigenvalue weighted by Gasteiger charge is -2.45. The Balaban J connectivity index is 1.67. The molecule has 3 heterocycles. The van der Waals surface area contributed by atoms with Gasteiger partial charge in [-0.25, -0.2) is 14.4 Å². The predicted octanol–water partition coefficient (Wildman–Crippen LogP) is 1.46. The molecule has 2 atom stereocenters. The second-order valence-electron chi connectivity index (χ2n) is 8.76. The van der Waals surface area contributed by atoms with Crippen LogP contribution in [0.4, 0.5) is 10.2 Å². The van der Waals surface area contributed by atoms with Gasteiger partial charge in [-0.05, 0) is 51.0 Å². The van der Waals surface area contributed by atoms with Crippen LogP contribution in [0.2, 0.25) is 0 Å². The van der Waals surface area contributed by atoms with Crippen molar-refractivity contribution in [3.8, 4) is 0 Å². The second kappa shape index (κ2) is 8.83. The van der Waals surface area contributed by atoms with Gasteiger partial charge >= 0.3 is 0 Å². The first-order chi connectivity index (χ1) is 14.5. The van der Waals surface area contributed by atoms with Crippen molar-refractivity contribution in [1.29, 1.82) is 0 Å². The Kier molecular flexibility index (Phi) is 6.17. The van der Waals surface area contributed by atoms with Crippen LogP contribution in [0.5, 0.6) is 0 Å². The summed E-state index contributed by atoms with van der Waals surface area (Å²) in [5.41, 5.74) is 4.40. The van der Waals surface area contributed by atoms with E-state index < -0.39 is 17.4 Å². The summed E-state index contributed by atoms with van der Waals surface area (Å²) in [4.78, 5) is 35.8. The van der Waals surface area contributed by atoms with Crippen molar-refractivity contribution in [2.45, 2.75) is 69.4 Å². The van der Waals surface area contributed by atoms with Crippen LogP contribution >= 0.6 is 0 Å². The molecule has 0 radical (unpaired) electrons. The molecule has 3 fully saturated rings. The van der Waals surface area contributed by atoms with Crippen molar-refractivity contribution in [2.75, 3.05) is 25.4 Å². The Morgan fingerprint density at radius 1 is 1.17 bits per heavy atom. The largest absolute Gasteiger partial charge is 0.381 e. The van der Waals surface area contributed by atoms with Crippen LogP contribution in [0.1, 0.15) is 63.5 Å². The number of halogens is 1. The Bertz CT molecular complexity index is 800. The number of likely N-dealkylation sites (tertiary alicyclic amines) is 1. The van der Waals surface area contributed by atoms with Gasteiger partial charge in [-0.3, -0.25) is 14.9 Å². The summed E-state index contributed by atoms with van der Waals surface area (Å²) < 4.78 is 15.1. The van der Waals surface area contributed by atoms with Crippen LogP contribution in [-0.2, 0) is 15.1 Å². The van der Waals surface area contributed by atoms with Crippen LogP contribution in [0.25, 0.3) is 0 Å². The Morgan fingerprint density at radius 2 is 1.97 bits per heavy atom. The highest BCUT2D eigenvalue weighted by Gasteiger charge is 2.51. The fourth-order valence-electron chi connectivity index (χ4n) is 5.18. The minimum absolute atomic E-state index is 0.00303. The van der Waals surface area contributed by atoms with Gasteiger partial charge in [0.2, 0.25) is 11.8 Å². The van der Waals surface area contributed by atoms with E-state index in [1.807, 2.05) is 0 Å². The fraction of sp³-hybridized carbons (Fsp3) is 0.714. The number of hydrogen-bond acceptors (Lipinski definition) is 6. The zero-order chi connectivity index (χ0) is 21.1. The van der Waals surface area contributed by atoms with Crippen LogP contribution in [0, 0.1) is 11.7 Å². The SMILES string of the molecule is Nc1ncnc(C2(NCC3CCCCC3)CCCN([C@@H]3CCCNC3=O)C2=O)c1F. The second-order valence-corrected chi connectivity index (χ2v) is 8.76. The number of anilines is 1. The Hall–Kier alpha value is -2.29. The molecular weight excluding hydrogens is 387 g/mol. The lowest BCUT2D eigenvalue weighted by molar-refractivity contribution is -0.151. The van der Waals surface area contributed by atoms with E-state index in [-0.39, 0.29) is 23.3 Å². The molecule has 0 aromatic carbocycles. The highest BCUT2D eigenvalue weighted by atomic mass is 19.1. The number of nitrogens with one attached hydrogen (secondary N) is 2. The first kappa shape index (κ1) is 21.0. The Labute approximate surface area is 176 Å². The highest BCUT2D eigenvalue weighted by molar-refractivity contribution is 5.93. The van der Waals surface area contributed by atoms with Gasteiger partial charge in [-0.2, -0.15) is 0 Å². The third-order valence-electron chi connectivity index (χ3n) is 6.85. The van der Waals surface area contributed by atoms with E-state index in [4.69, 9.17) is 5.73 Å². The molecule has 1 aromatic rings. The third kappa shape index (κ3) is 3.87. The number of nitrogens with two attached hydrogens (primary N) is 1. The minimum atomic E-state index is -1.32. The summed E-state index contributed by atoms with van der Waals surface area (Å²) in [7, 11) is 0. The smallest absolute Gasteiger partial charge is 0.249 e. The molecule has 1 aromatic heterocycles. The van der Waals surface area contributed by atoms with E-state index in [9.17, 15) is 9.59 Å². The maximum absolute atomic E-state index is 15.1. The zero-order valence-electron chi connectivity index (χ0n) is 17.3. The quantitative estimate of drug-likeness (QED) is 0.667. The molecule has 2 aliphatic heterocycles. The van der Waals surface area contributed by atoms with Gasteiger partial charge in [0.15, 0.2) is 11.6 Å². The van der Waals surface area contributed by atoms with Crippen molar-refractivity contribution in [1.82, 2.24) is 25.5 Å². The minimum Gasteiger partial charge on any atom is -0.381 e. The molecule has 1 aliphatic carbocycles. The van der Waals surface area contributed by atoms with E-state index in [1.165, 1.54) is 25.6 Å². The zero-order valence-corrected chi connectivity index (χ0v) is 17.3. The van der Waals surface area contributed by atoms with Crippen LogP contribution in [0.15, 0.2) is 6.33 Å². The maximum atomic E-state index is 15.1. The first-order valence-electron chi connectivity index (χ1n) is 11.1. The van der Waals surface area contributed by atoms with E-state index in [2.05, 4.69) is 20.6 Å². The van der Waals surface area contributed by atoms with Gasteiger partial charge in [0, 0.05) is 13.1 Å². The van der Waals surface area contributed by atoms with Gasteiger partial charge in [0.05, 0.1) is 0 Å². The average molecular weight is 419 g/mol. The van der Waals surface area contributed by atoms with Crippen molar-refractivity contribution in [2.24, 2.45) is 5.92 Å². The van der Waals surface area contributed by atoms with Gasteiger partial charge < -0.3 is 16.0 Å². The number of carbonyl (C=O) groups is 2. The molecule has 4 rings (SSSR count). The predicted molar refractivity (Wildman–Crippen MR) is 110 cm³/mol. The molecular formula is C21H31FN6O2. The fourth-order valence-corrected chi connectivity index (χ4v) is 5.18. The van der Waals surface area contributed by atoms with E-state index >= 15 is 4.39 Å². The van der Waals surface area contributed by atoms with Crippen LogP contribution < -0.4 is 16.4 Å². The molecule has 0 bridgehead atoms. The molecule has 0 spiro atoms. The molecule has 1 saturated carbocycles. The van der Waals surface area contributed by atoms with Crippen molar-refractivity contribution >= 4 is 17.6 Å². The molecule has 8 nitrogen and oxygen atoms in total. The van der Waals surface area contributed by atoms with Gasteiger partial charge in [-0.15, -0.1) is 0 Å². The monoisotopic (exact) mass is 418 g/mol. The van der Waals surface area contributed by atoms with Crippen LogP contribution in [-0.4, -0.2) is 52.4 Å². The third-order valence-corrected chi connectivity index (χ3v) is 6.85. The molecule has 1 unspecified atom stereocenters.